The highest BCUT2D eigenvalue weighted by Crippen LogP contribution is 2.18. The maximum absolute atomic E-state index is 13.0. The first-order valence-corrected chi connectivity index (χ1v) is 9.08. The summed E-state index contributed by atoms with van der Waals surface area (Å²) in [7, 11) is 0. The Morgan fingerprint density at radius 2 is 1.56 bits per heavy atom. The number of hydrogen-bond donors (Lipinski definition) is 2. The van der Waals surface area contributed by atoms with Crippen molar-refractivity contribution in [3.05, 3.63) is 107 Å². The summed E-state index contributed by atoms with van der Waals surface area (Å²) >= 11 is 0. The Morgan fingerprint density at radius 1 is 0.926 bits per heavy atom. The van der Waals surface area contributed by atoms with Crippen LogP contribution in [0.5, 0.6) is 0 Å². The van der Waals surface area contributed by atoms with Gasteiger partial charge in [0.05, 0.1) is 0 Å². The maximum Gasteiger partial charge on any atom is 0.275 e. The first-order valence-electron chi connectivity index (χ1n) is 9.08. The molecule has 0 unspecified atom stereocenters. The number of quaternary nitrogens is 1. The summed E-state index contributed by atoms with van der Waals surface area (Å²) in [6.45, 7) is 2.77. The minimum absolute atomic E-state index is 0.0487. The van der Waals surface area contributed by atoms with E-state index in [4.69, 9.17) is 0 Å². The van der Waals surface area contributed by atoms with Gasteiger partial charge in [-0.05, 0) is 24.6 Å². The molecular formula is C23H24FN2O+. The number of amides is 1. The Balaban J connectivity index is 1.63. The Labute approximate surface area is 159 Å². The number of carbonyl (C=O) groups is 1. The van der Waals surface area contributed by atoms with E-state index in [-0.39, 0.29) is 17.8 Å². The molecule has 0 aliphatic carbocycles. The second-order valence-corrected chi connectivity index (χ2v) is 6.64. The van der Waals surface area contributed by atoms with Gasteiger partial charge in [0, 0.05) is 17.7 Å². The highest BCUT2D eigenvalue weighted by molar-refractivity contribution is 5.76. The van der Waals surface area contributed by atoms with Crippen molar-refractivity contribution in [3.63, 3.8) is 0 Å². The Kier molecular flexibility index (Phi) is 6.34. The van der Waals surface area contributed by atoms with Crippen molar-refractivity contribution in [2.24, 2.45) is 0 Å². The number of nitrogens with two attached hydrogens (primary N) is 1. The van der Waals surface area contributed by atoms with Crippen LogP contribution < -0.4 is 10.6 Å². The number of rotatable bonds is 7. The number of halogens is 1. The molecule has 3 rings (SSSR count). The summed E-state index contributed by atoms with van der Waals surface area (Å²) in [5.41, 5.74) is 4.41. The highest BCUT2D eigenvalue weighted by atomic mass is 19.1. The van der Waals surface area contributed by atoms with Gasteiger partial charge in [0.1, 0.15) is 11.9 Å². The fraction of sp³-hybridized carbons (Fsp3) is 0.174. The zero-order valence-corrected chi connectivity index (χ0v) is 15.4. The Morgan fingerprint density at radius 3 is 2.22 bits per heavy atom. The predicted molar refractivity (Wildman–Crippen MR) is 105 cm³/mol. The van der Waals surface area contributed by atoms with Gasteiger partial charge in [-0.2, -0.15) is 0 Å². The number of benzene rings is 3. The van der Waals surface area contributed by atoms with Gasteiger partial charge in [0.25, 0.3) is 5.91 Å². The molecule has 0 aromatic heterocycles. The SMILES string of the molecule is Cc1ccc([C@@H]([NH2+]CC(=O)NCc2ccc(F)cc2)c2ccccc2)cc1. The van der Waals surface area contributed by atoms with Crippen LogP contribution in [0.15, 0.2) is 78.9 Å². The molecule has 3 N–H and O–H groups in total. The summed E-state index contributed by atoms with van der Waals surface area (Å²) in [4.78, 5) is 12.3. The van der Waals surface area contributed by atoms with Gasteiger partial charge < -0.3 is 10.6 Å². The van der Waals surface area contributed by atoms with Crippen LogP contribution in [0, 0.1) is 12.7 Å². The molecule has 3 aromatic carbocycles. The van der Waals surface area contributed by atoms with Gasteiger partial charge in [0.2, 0.25) is 0 Å². The van der Waals surface area contributed by atoms with Crippen molar-refractivity contribution >= 4 is 5.91 Å². The number of carbonyl (C=O) groups excluding carboxylic acids is 1. The van der Waals surface area contributed by atoms with E-state index in [0.717, 1.165) is 16.7 Å². The summed E-state index contributed by atoms with van der Waals surface area (Å²) < 4.78 is 13.0. The fourth-order valence-corrected chi connectivity index (χ4v) is 3.00. The highest BCUT2D eigenvalue weighted by Gasteiger charge is 2.18. The van der Waals surface area contributed by atoms with Crippen LogP contribution in [0.2, 0.25) is 0 Å². The fourth-order valence-electron chi connectivity index (χ4n) is 3.00. The van der Waals surface area contributed by atoms with Crippen LogP contribution in [0.4, 0.5) is 4.39 Å². The van der Waals surface area contributed by atoms with Crippen LogP contribution in [-0.2, 0) is 11.3 Å². The predicted octanol–water partition coefficient (Wildman–Crippen LogP) is 3.10. The summed E-state index contributed by atoms with van der Waals surface area (Å²) in [5.74, 6) is -0.324. The quantitative estimate of drug-likeness (QED) is 0.666. The minimum atomic E-state index is -0.276. The number of nitrogens with one attached hydrogen (secondary N) is 1. The van der Waals surface area contributed by atoms with Crippen LogP contribution >= 0.6 is 0 Å². The van der Waals surface area contributed by atoms with E-state index in [9.17, 15) is 9.18 Å². The zero-order chi connectivity index (χ0) is 19.1. The van der Waals surface area contributed by atoms with Crippen molar-refractivity contribution in [1.82, 2.24) is 5.32 Å². The zero-order valence-electron chi connectivity index (χ0n) is 15.4. The first kappa shape index (κ1) is 18.8. The molecular weight excluding hydrogens is 339 g/mol. The molecule has 0 aliphatic heterocycles. The van der Waals surface area contributed by atoms with Gasteiger partial charge in [-0.15, -0.1) is 0 Å². The standard InChI is InChI=1S/C23H23FN2O/c1-17-7-11-20(12-8-17)23(19-5-3-2-4-6-19)26-16-22(27)25-15-18-9-13-21(24)14-10-18/h2-14,23,26H,15-16H2,1H3,(H,25,27)/p+1/t23-/m0/s1. The van der Waals surface area contributed by atoms with Gasteiger partial charge in [-0.3, -0.25) is 4.79 Å². The lowest BCUT2D eigenvalue weighted by Gasteiger charge is -2.17. The molecule has 0 heterocycles. The topological polar surface area (TPSA) is 45.7 Å². The Bertz CT molecular complexity index is 861. The van der Waals surface area contributed by atoms with Crippen molar-refractivity contribution in [1.29, 1.82) is 0 Å². The molecule has 3 nitrogen and oxygen atoms in total. The molecule has 0 fully saturated rings. The molecule has 4 heteroatoms. The molecule has 3 aromatic rings. The third-order valence-corrected chi connectivity index (χ3v) is 4.54. The second-order valence-electron chi connectivity index (χ2n) is 6.64. The third kappa shape index (κ3) is 5.50. The first-order chi connectivity index (χ1) is 13.1. The van der Waals surface area contributed by atoms with E-state index < -0.39 is 0 Å². The van der Waals surface area contributed by atoms with Crippen LogP contribution in [-0.4, -0.2) is 12.5 Å². The van der Waals surface area contributed by atoms with Crippen LogP contribution in [0.1, 0.15) is 28.3 Å². The average molecular weight is 363 g/mol. The maximum atomic E-state index is 13.0. The molecule has 0 bridgehead atoms. The molecule has 0 saturated carbocycles. The molecule has 27 heavy (non-hydrogen) atoms. The minimum Gasteiger partial charge on any atom is -0.347 e. The number of hydrogen-bond acceptors (Lipinski definition) is 1. The van der Waals surface area contributed by atoms with Crippen LogP contribution in [0.3, 0.4) is 0 Å². The summed E-state index contributed by atoms with van der Waals surface area (Å²) in [5, 5.41) is 4.93. The smallest absolute Gasteiger partial charge is 0.275 e. The van der Waals surface area contributed by atoms with E-state index in [1.807, 2.05) is 23.5 Å². The lowest BCUT2D eigenvalue weighted by Crippen LogP contribution is -2.87. The van der Waals surface area contributed by atoms with E-state index in [2.05, 4.69) is 48.6 Å². The van der Waals surface area contributed by atoms with E-state index in [1.165, 1.54) is 17.7 Å². The summed E-state index contributed by atoms with van der Waals surface area (Å²) in [6, 6.07) is 24.8. The largest absolute Gasteiger partial charge is 0.347 e. The number of aryl methyl sites for hydroxylation is 1. The average Bonchev–Trinajstić information content (AvgIpc) is 2.70. The molecule has 0 saturated heterocycles. The van der Waals surface area contributed by atoms with Crippen molar-refractivity contribution < 1.29 is 14.5 Å². The monoisotopic (exact) mass is 363 g/mol. The molecule has 1 atom stereocenters. The molecule has 1 amide bonds. The molecule has 0 aliphatic rings. The third-order valence-electron chi connectivity index (χ3n) is 4.54. The van der Waals surface area contributed by atoms with Crippen molar-refractivity contribution in [2.45, 2.75) is 19.5 Å². The summed E-state index contributed by atoms with van der Waals surface area (Å²) in [6.07, 6.45) is 0. The van der Waals surface area contributed by atoms with Gasteiger partial charge in [0.15, 0.2) is 6.54 Å². The van der Waals surface area contributed by atoms with Gasteiger partial charge in [-0.25, -0.2) is 4.39 Å². The molecule has 138 valence electrons. The molecule has 0 radical (unpaired) electrons. The lowest BCUT2D eigenvalue weighted by molar-refractivity contribution is -0.676. The molecule has 0 spiro atoms. The lowest BCUT2D eigenvalue weighted by atomic mass is 9.98. The van der Waals surface area contributed by atoms with Crippen molar-refractivity contribution in [3.8, 4) is 0 Å². The van der Waals surface area contributed by atoms with E-state index >= 15 is 0 Å². The Hall–Kier alpha value is -2.98. The normalized spacial score (nSPS) is 11.8. The van der Waals surface area contributed by atoms with E-state index in [1.54, 1.807) is 12.1 Å². The van der Waals surface area contributed by atoms with E-state index in [0.29, 0.717) is 13.1 Å². The van der Waals surface area contributed by atoms with Crippen molar-refractivity contribution in [2.75, 3.05) is 6.54 Å². The van der Waals surface area contributed by atoms with Crippen LogP contribution in [0.25, 0.3) is 0 Å². The van der Waals surface area contributed by atoms with Gasteiger partial charge in [-0.1, -0.05) is 72.3 Å². The second kappa shape index (κ2) is 9.10. The van der Waals surface area contributed by atoms with Gasteiger partial charge >= 0.3 is 0 Å².